The van der Waals surface area contributed by atoms with Crippen LogP contribution in [0.4, 0.5) is 4.39 Å². The van der Waals surface area contributed by atoms with Crippen molar-refractivity contribution in [3.63, 3.8) is 0 Å². The van der Waals surface area contributed by atoms with Crippen molar-refractivity contribution in [2.24, 2.45) is 0 Å². The number of carbonyl (C=O) groups is 1. The van der Waals surface area contributed by atoms with Gasteiger partial charge in [-0.1, -0.05) is 6.07 Å². The van der Waals surface area contributed by atoms with Gasteiger partial charge < -0.3 is 4.74 Å². The minimum Gasteiger partial charge on any atom is -0.463 e. The van der Waals surface area contributed by atoms with Crippen LogP contribution in [-0.4, -0.2) is 12.6 Å². The average molecular weight is 208 g/mol. The van der Waals surface area contributed by atoms with E-state index in [0.717, 1.165) is 5.56 Å². The number of ether oxygens (including phenoxy) is 1. The molecule has 0 aliphatic rings. The number of esters is 1. The summed E-state index contributed by atoms with van der Waals surface area (Å²) in [5, 5.41) is 0. The quantitative estimate of drug-likeness (QED) is 0.564. The fourth-order valence-electron chi connectivity index (χ4n) is 1.22. The van der Waals surface area contributed by atoms with E-state index in [9.17, 15) is 9.18 Å². The molecule has 0 heterocycles. The fraction of sp³-hybridized carbons (Fsp3) is 0.250. The largest absolute Gasteiger partial charge is 0.463 e. The van der Waals surface area contributed by atoms with Gasteiger partial charge in [0.25, 0.3) is 0 Å². The first-order valence-electron chi connectivity index (χ1n) is 4.74. The molecule has 0 fully saturated rings. The minimum atomic E-state index is -0.417. The second-order valence-electron chi connectivity index (χ2n) is 3.15. The highest BCUT2D eigenvalue weighted by Crippen LogP contribution is 2.09. The number of carbonyl (C=O) groups excluding carboxylic acids is 1. The molecule has 80 valence electrons. The Morgan fingerprint density at radius 2 is 2.20 bits per heavy atom. The van der Waals surface area contributed by atoms with Gasteiger partial charge in [-0.05, 0) is 43.2 Å². The van der Waals surface area contributed by atoms with Crippen LogP contribution >= 0.6 is 0 Å². The summed E-state index contributed by atoms with van der Waals surface area (Å²) in [6.45, 7) is 3.87. The predicted molar refractivity (Wildman–Crippen MR) is 56.8 cm³/mol. The maximum atomic E-state index is 13.0. The monoisotopic (exact) mass is 208 g/mol. The number of rotatable bonds is 3. The van der Waals surface area contributed by atoms with Crippen LogP contribution in [-0.2, 0) is 9.53 Å². The Kier molecular flexibility index (Phi) is 4.03. The second-order valence-corrected chi connectivity index (χ2v) is 3.15. The van der Waals surface area contributed by atoms with Gasteiger partial charge in [0, 0.05) is 6.08 Å². The maximum Gasteiger partial charge on any atom is 0.330 e. The minimum absolute atomic E-state index is 0.307. The van der Waals surface area contributed by atoms with Gasteiger partial charge in [-0.3, -0.25) is 0 Å². The third-order valence-electron chi connectivity index (χ3n) is 1.76. The molecule has 0 radical (unpaired) electrons. The van der Waals surface area contributed by atoms with Gasteiger partial charge in [0.05, 0.1) is 6.61 Å². The predicted octanol–water partition coefficient (Wildman–Crippen LogP) is 2.71. The molecule has 0 aromatic heterocycles. The van der Waals surface area contributed by atoms with Crippen LogP contribution in [0.25, 0.3) is 6.08 Å². The van der Waals surface area contributed by atoms with Gasteiger partial charge >= 0.3 is 5.97 Å². The van der Waals surface area contributed by atoms with Gasteiger partial charge in [0.15, 0.2) is 0 Å². The van der Waals surface area contributed by atoms with E-state index in [4.69, 9.17) is 4.74 Å². The van der Waals surface area contributed by atoms with Crippen LogP contribution in [0.5, 0.6) is 0 Å². The van der Waals surface area contributed by atoms with Crippen molar-refractivity contribution in [3.05, 3.63) is 41.2 Å². The molecule has 2 nitrogen and oxygen atoms in total. The molecule has 0 unspecified atom stereocenters. The van der Waals surface area contributed by atoms with Crippen LogP contribution in [0.15, 0.2) is 24.3 Å². The zero-order valence-corrected chi connectivity index (χ0v) is 8.79. The maximum absolute atomic E-state index is 13.0. The smallest absolute Gasteiger partial charge is 0.330 e. The molecule has 1 aromatic carbocycles. The molecular weight excluding hydrogens is 195 g/mol. The van der Waals surface area contributed by atoms with Crippen LogP contribution in [0.2, 0.25) is 0 Å². The lowest BCUT2D eigenvalue weighted by atomic mass is 10.1. The second kappa shape index (κ2) is 5.29. The highest BCUT2D eigenvalue weighted by atomic mass is 19.1. The van der Waals surface area contributed by atoms with Crippen molar-refractivity contribution >= 4 is 12.0 Å². The molecule has 15 heavy (non-hydrogen) atoms. The van der Waals surface area contributed by atoms with E-state index < -0.39 is 5.97 Å². The third kappa shape index (κ3) is 3.94. The van der Waals surface area contributed by atoms with Crippen molar-refractivity contribution in [3.8, 4) is 0 Å². The SMILES string of the molecule is CCOC(=O)C=Cc1cc(C)cc(F)c1. The van der Waals surface area contributed by atoms with Gasteiger partial charge in [0.1, 0.15) is 5.82 Å². The van der Waals surface area contributed by atoms with Gasteiger partial charge in [-0.15, -0.1) is 0 Å². The summed E-state index contributed by atoms with van der Waals surface area (Å²) in [7, 11) is 0. The van der Waals surface area contributed by atoms with Crippen LogP contribution < -0.4 is 0 Å². The Balaban J connectivity index is 2.76. The topological polar surface area (TPSA) is 26.3 Å². The molecule has 0 amide bonds. The van der Waals surface area contributed by atoms with Crippen molar-refractivity contribution in [1.82, 2.24) is 0 Å². The standard InChI is InChI=1S/C12H13FO2/c1-3-15-12(14)5-4-10-6-9(2)7-11(13)8-10/h4-8H,3H2,1-2H3. The Morgan fingerprint density at radius 3 is 2.80 bits per heavy atom. The van der Waals surface area contributed by atoms with Gasteiger partial charge in [-0.25, -0.2) is 9.18 Å². The van der Waals surface area contributed by atoms with E-state index >= 15 is 0 Å². The first kappa shape index (κ1) is 11.4. The lowest BCUT2D eigenvalue weighted by Gasteiger charge is -1.98. The van der Waals surface area contributed by atoms with E-state index in [1.54, 1.807) is 19.9 Å². The van der Waals surface area contributed by atoms with E-state index in [0.29, 0.717) is 12.2 Å². The molecule has 0 aliphatic carbocycles. The Hall–Kier alpha value is -1.64. The number of hydrogen-bond donors (Lipinski definition) is 0. The molecule has 0 spiro atoms. The van der Waals surface area contributed by atoms with Crippen molar-refractivity contribution < 1.29 is 13.9 Å². The number of aryl methyl sites for hydroxylation is 1. The number of hydrogen-bond acceptors (Lipinski definition) is 2. The summed E-state index contributed by atoms with van der Waals surface area (Å²) in [6.07, 6.45) is 2.83. The molecule has 0 N–H and O–H groups in total. The molecule has 0 aliphatic heterocycles. The molecule has 1 rings (SSSR count). The molecule has 3 heteroatoms. The Morgan fingerprint density at radius 1 is 1.47 bits per heavy atom. The summed E-state index contributed by atoms with van der Waals surface area (Å²) in [6, 6.07) is 4.59. The molecular formula is C12H13FO2. The van der Waals surface area contributed by atoms with Crippen molar-refractivity contribution in [2.75, 3.05) is 6.61 Å². The lowest BCUT2D eigenvalue weighted by Crippen LogP contribution is -1.98. The van der Waals surface area contributed by atoms with E-state index in [1.165, 1.54) is 24.3 Å². The summed E-state index contributed by atoms with van der Waals surface area (Å²) < 4.78 is 17.7. The highest BCUT2D eigenvalue weighted by molar-refractivity contribution is 5.87. The van der Waals surface area contributed by atoms with Crippen LogP contribution in [0, 0.1) is 12.7 Å². The summed E-state index contributed by atoms with van der Waals surface area (Å²) in [4.78, 5) is 11.0. The molecule has 0 saturated heterocycles. The van der Waals surface area contributed by atoms with Crippen molar-refractivity contribution in [2.45, 2.75) is 13.8 Å². The molecule has 1 aromatic rings. The zero-order chi connectivity index (χ0) is 11.3. The lowest BCUT2D eigenvalue weighted by molar-refractivity contribution is -0.137. The highest BCUT2D eigenvalue weighted by Gasteiger charge is 1.97. The number of halogens is 1. The van der Waals surface area contributed by atoms with E-state index in [1.807, 2.05) is 0 Å². The summed E-state index contributed by atoms with van der Waals surface area (Å²) in [5.74, 6) is -0.724. The average Bonchev–Trinajstić information content (AvgIpc) is 2.14. The van der Waals surface area contributed by atoms with Gasteiger partial charge in [-0.2, -0.15) is 0 Å². The molecule has 0 saturated carbocycles. The summed E-state index contributed by atoms with van der Waals surface area (Å²) >= 11 is 0. The fourth-order valence-corrected chi connectivity index (χ4v) is 1.22. The molecule has 0 bridgehead atoms. The first-order valence-corrected chi connectivity index (χ1v) is 4.74. The Bertz CT molecular complexity index is 363. The Labute approximate surface area is 88.4 Å². The van der Waals surface area contributed by atoms with E-state index in [-0.39, 0.29) is 5.82 Å². The summed E-state index contributed by atoms with van der Waals surface area (Å²) in [5.41, 5.74) is 1.47. The van der Waals surface area contributed by atoms with Crippen LogP contribution in [0.3, 0.4) is 0 Å². The first-order chi connectivity index (χ1) is 7.11. The van der Waals surface area contributed by atoms with E-state index in [2.05, 4.69) is 0 Å². The van der Waals surface area contributed by atoms with Crippen molar-refractivity contribution in [1.29, 1.82) is 0 Å². The molecule has 0 atom stereocenters. The number of benzene rings is 1. The normalized spacial score (nSPS) is 10.6. The van der Waals surface area contributed by atoms with Gasteiger partial charge in [0.2, 0.25) is 0 Å². The zero-order valence-electron chi connectivity index (χ0n) is 8.79. The van der Waals surface area contributed by atoms with Crippen LogP contribution in [0.1, 0.15) is 18.1 Å². The third-order valence-corrected chi connectivity index (χ3v) is 1.76.